The minimum absolute atomic E-state index is 0.252. The number of anilines is 1. The second kappa shape index (κ2) is 6.95. The third kappa shape index (κ3) is 4.33. The number of nitrogens with one attached hydrogen (secondary N) is 2. The lowest BCUT2D eigenvalue weighted by Crippen LogP contribution is -2.30. The van der Waals surface area contributed by atoms with Gasteiger partial charge in [0.2, 0.25) is 0 Å². The van der Waals surface area contributed by atoms with Crippen molar-refractivity contribution in [3.8, 4) is 0 Å². The summed E-state index contributed by atoms with van der Waals surface area (Å²) in [7, 11) is 0. The van der Waals surface area contributed by atoms with Crippen LogP contribution in [0, 0.1) is 16.0 Å². The smallest absolute Gasteiger partial charge is 0.385 e. The summed E-state index contributed by atoms with van der Waals surface area (Å²) < 4.78 is 38.6. The van der Waals surface area contributed by atoms with E-state index < -0.39 is 22.4 Å². The summed E-state index contributed by atoms with van der Waals surface area (Å²) in [6.45, 7) is 2.48. The van der Waals surface area contributed by atoms with Crippen LogP contribution in [0.5, 0.6) is 0 Å². The maximum absolute atomic E-state index is 12.9. The molecular weight excluding hydrogens is 299 g/mol. The first-order valence-corrected chi connectivity index (χ1v) is 7.18. The molecule has 1 saturated heterocycles. The lowest BCUT2D eigenvalue weighted by Gasteiger charge is -2.22. The molecule has 2 N–H and O–H groups in total. The number of nitrogens with zero attached hydrogens (tertiary/aromatic N) is 1. The molecule has 122 valence electrons. The van der Waals surface area contributed by atoms with Crippen LogP contribution in [-0.2, 0) is 6.18 Å². The summed E-state index contributed by atoms with van der Waals surface area (Å²) in [5.41, 5.74) is -1.89. The van der Waals surface area contributed by atoms with Gasteiger partial charge in [-0.05, 0) is 50.4 Å². The Labute approximate surface area is 126 Å². The molecule has 5 nitrogen and oxygen atoms in total. The van der Waals surface area contributed by atoms with Crippen molar-refractivity contribution < 1.29 is 18.1 Å². The molecule has 0 radical (unpaired) electrons. The minimum Gasteiger partial charge on any atom is -0.385 e. The molecule has 1 aromatic carbocycles. The number of nitro groups is 1. The molecule has 2 rings (SSSR count). The van der Waals surface area contributed by atoms with Crippen LogP contribution in [0.4, 0.5) is 24.5 Å². The number of halogens is 3. The van der Waals surface area contributed by atoms with E-state index in [4.69, 9.17) is 0 Å². The zero-order valence-electron chi connectivity index (χ0n) is 11.9. The standard InChI is InChI=1S/C14H18F3N3O2/c15-14(16,17)12-8-11(3-4-13(12)20(21)22)19-7-5-10-2-1-6-18-9-10/h3-4,8,10,18-19H,1-2,5-7,9H2. The fraction of sp³-hybridized carbons (Fsp3) is 0.571. The van der Waals surface area contributed by atoms with Gasteiger partial charge in [0.15, 0.2) is 0 Å². The van der Waals surface area contributed by atoms with Crippen LogP contribution < -0.4 is 10.6 Å². The van der Waals surface area contributed by atoms with Gasteiger partial charge in [0.1, 0.15) is 5.56 Å². The average molecular weight is 317 g/mol. The average Bonchev–Trinajstić information content (AvgIpc) is 2.47. The molecule has 0 bridgehead atoms. The zero-order valence-corrected chi connectivity index (χ0v) is 11.9. The molecule has 0 aromatic heterocycles. The molecule has 0 amide bonds. The summed E-state index contributed by atoms with van der Waals surface area (Å²) in [5.74, 6) is 0.515. The van der Waals surface area contributed by atoms with E-state index in [9.17, 15) is 23.3 Å². The fourth-order valence-electron chi connectivity index (χ4n) is 2.62. The number of piperidine rings is 1. The molecule has 0 saturated carbocycles. The van der Waals surface area contributed by atoms with Crippen molar-refractivity contribution in [2.24, 2.45) is 5.92 Å². The van der Waals surface area contributed by atoms with Crippen molar-refractivity contribution in [1.82, 2.24) is 5.32 Å². The van der Waals surface area contributed by atoms with E-state index in [0.717, 1.165) is 44.5 Å². The molecule has 1 aromatic rings. The van der Waals surface area contributed by atoms with Gasteiger partial charge in [-0.3, -0.25) is 10.1 Å². The Morgan fingerprint density at radius 2 is 2.18 bits per heavy atom. The number of rotatable bonds is 5. The van der Waals surface area contributed by atoms with Crippen LogP contribution in [0.15, 0.2) is 18.2 Å². The van der Waals surface area contributed by atoms with Crippen LogP contribution >= 0.6 is 0 Å². The van der Waals surface area contributed by atoms with Crippen LogP contribution in [0.25, 0.3) is 0 Å². The van der Waals surface area contributed by atoms with Crippen LogP contribution in [0.1, 0.15) is 24.8 Å². The lowest BCUT2D eigenvalue weighted by atomic mass is 9.96. The van der Waals surface area contributed by atoms with E-state index in [1.54, 1.807) is 0 Å². The van der Waals surface area contributed by atoms with Crippen molar-refractivity contribution in [3.63, 3.8) is 0 Å². The van der Waals surface area contributed by atoms with Crippen molar-refractivity contribution in [3.05, 3.63) is 33.9 Å². The molecule has 0 spiro atoms. The van der Waals surface area contributed by atoms with E-state index in [1.807, 2.05) is 0 Å². The molecule has 22 heavy (non-hydrogen) atoms. The molecule has 1 aliphatic heterocycles. The Hall–Kier alpha value is -1.83. The number of nitro benzene ring substituents is 1. The quantitative estimate of drug-likeness (QED) is 0.645. The number of hydrogen-bond acceptors (Lipinski definition) is 4. The van der Waals surface area contributed by atoms with Gasteiger partial charge in [-0.15, -0.1) is 0 Å². The van der Waals surface area contributed by atoms with Gasteiger partial charge < -0.3 is 10.6 Å². The van der Waals surface area contributed by atoms with E-state index in [1.165, 1.54) is 6.07 Å². The number of alkyl halides is 3. The third-order valence-electron chi connectivity index (χ3n) is 3.78. The van der Waals surface area contributed by atoms with Gasteiger partial charge in [-0.1, -0.05) is 0 Å². The highest BCUT2D eigenvalue weighted by Gasteiger charge is 2.38. The number of hydrogen-bond donors (Lipinski definition) is 2. The Morgan fingerprint density at radius 1 is 1.41 bits per heavy atom. The zero-order chi connectivity index (χ0) is 16.2. The SMILES string of the molecule is O=[N+]([O-])c1ccc(NCCC2CCCNC2)cc1C(F)(F)F. The summed E-state index contributed by atoms with van der Waals surface area (Å²) in [6, 6.07) is 3.01. The summed E-state index contributed by atoms with van der Waals surface area (Å²) >= 11 is 0. The monoisotopic (exact) mass is 317 g/mol. The van der Waals surface area contributed by atoms with Crippen LogP contribution in [-0.4, -0.2) is 24.6 Å². The van der Waals surface area contributed by atoms with Crippen LogP contribution in [0.2, 0.25) is 0 Å². The normalized spacial score (nSPS) is 19.0. The minimum atomic E-state index is -4.74. The van der Waals surface area contributed by atoms with Crippen molar-refractivity contribution >= 4 is 11.4 Å². The Balaban J connectivity index is 2.00. The first-order valence-electron chi connectivity index (χ1n) is 7.18. The summed E-state index contributed by atoms with van der Waals surface area (Å²) in [4.78, 5) is 9.66. The maximum atomic E-state index is 12.9. The van der Waals surface area contributed by atoms with E-state index in [0.29, 0.717) is 12.5 Å². The van der Waals surface area contributed by atoms with Gasteiger partial charge in [0.05, 0.1) is 4.92 Å². The van der Waals surface area contributed by atoms with E-state index >= 15 is 0 Å². The van der Waals surface area contributed by atoms with Crippen molar-refractivity contribution in [2.45, 2.75) is 25.4 Å². The highest BCUT2D eigenvalue weighted by atomic mass is 19.4. The van der Waals surface area contributed by atoms with Gasteiger partial charge in [-0.2, -0.15) is 13.2 Å². The number of benzene rings is 1. The van der Waals surface area contributed by atoms with Crippen LogP contribution in [0.3, 0.4) is 0 Å². The van der Waals surface area contributed by atoms with E-state index in [-0.39, 0.29) is 5.69 Å². The third-order valence-corrected chi connectivity index (χ3v) is 3.78. The van der Waals surface area contributed by atoms with Gasteiger partial charge in [-0.25, -0.2) is 0 Å². The fourth-order valence-corrected chi connectivity index (χ4v) is 2.62. The molecule has 1 aliphatic rings. The maximum Gasteiger partial charge on any atom is 0.423 e. The van der Waals surface area contributed by atoms with Crippen molar-refractivity contribution in [2.75, 3.05) is 25.0 Å². The first kappa shape index (κ1) is 16.5. The molecule has 1 unspecified atom stereocenters. The molecule has 1 atom stereocenters. The van der Waals surface area contributed by atoms with Gasteiger partial charge in [0, 0.05) is 18.3 Å². The van der Waals surface area contributed by atoms with E-state index in [2.05, 4.69) is 10.6 Å². The molecule has 8 heteroatoms. The predicted octanol–water partition coefficient (Wildman–Crippen LogP) is 3.42. The lowest BCUT2D eigenvalue weighted by molar-refractivity contribution is -0.388. The highest BCUT2D eigenvalue weighted by molar-refractivity contribution is 5.55. The largest absolute Gasteiger partial charge is 0.423 e. The molecule has 1 fully saturated rings. The Kier molecular flexibility index (Phi) is 5.23. The second-order valence-corrected chi connectivity index (χ2v) is 5.41. The summed E-state index contributed by atoms with van der Waals surface area (Å²) in [5, 5.41) is 16.9. The highest BCUT2D eigenvalue weighted by Crippen LogP contribution is 2.37. The molecule has 1 heterocycles. The molecular formula is C14H18F3N3O2. The predicted molar refractivity (Wildman–Crippen MR) is 76.8 cm³/mol. The molecule has 0 aliphatic carbocycles. The summed E-state index contributed by atoms with van der Waals surface area (Å²) in [6.07, 6.45) is -1.66. The van der Waals surface area contributed by atoms with Gasteiger partial charge in [0.25, 0.3) is 5.69 Å². The van der Waals surface area contributed by atoms with Crippen molar-refractivity contribution in [1.29, 1.82) is 0 Å². The Morgan fingerprint density at radius 3 is 2.77 bits per heavy atom. The topological polar surface area (TPSA) is 67.2 Å². The van der Waals surface area contributed by atoms with Gasteiger partial charge >= 0.3 is 6.18 Å². The second-order valence-electron chi connectivity index (χ2n) is 5.41. The first-order chi connectivity index (χ1) is 10.4. The Bertz CT molecular complexity index is 529.